The minimum absolute atomic E-state index is 0. The minimum Gasteiger partial charge on any atom is -1.00 e. The Bertz CT molecular complexity index is 2260. The van der Waals surface area contributed by atoms with E-state index < -0.39 is 88.4 Å². The number of hydrogen-bond donors (Lipinski definition) is 0. The van der Waals surface area contributed by atoms with Gasteiger partial charge in [-0.3, -0.25) is 0 Å². The zero-order valence-corrected chi connectivity index (χ0v) is 37.6. The molecular formula is C45H40Cl2F12Zr. The van der Waals surface area contributed by atoms with Crippen molar-refractivity contribution in [2.24, 2.45) is 0 Å². The van der Waals surface area contributed by atoms with Crippen LogP contribution in [0.3, 0.4) is 0 Å². The molecule has 0 heterocycles. The first-order chi connectivity index (χ1) is 26.4. The first-order valence-corrected chi connectivity index (χ1v) is 22.3. The van der Waals surface area contributed by atoms with E-state index in [-0.39, 0.29) is 45.6 Å². The van der Waals surface area contributed by atoms with E-state index in [1.54, 1.807) is 31.2 Å². The normalized spacial score (nSPS) is 14.3. The van der Waals surface area contributed by atoms with Crippen molar-refractivity contribution in [3.8, 4) is 11.1 Å². The molecule has 4 aromatic carbocycles. The van der Waals surface area contributed by atoms with Crippen LogP contribution >= 0.6 is 0 Å². The molecule has 0 spiro atoms. The Labute approximate surface area is 361 Å². The third kappa shape index (κ3) is 9.73. The van der Waals surface area contributed by atoms with Gasteiger partial charge in [0.15, 0.2) is 0 Å². The van der Waals surface area contributed by atoms with E-state index in [0.29, 0.717) is 39.5 Å². The SMILES string of the molecule is Cc1cc2c(cc1C(C)(C)C)-c1cc(C(C)(C)C)c(C)[c]([Zr+2](=[C](c3cc(C(F)(F)F)cc(C(F)(F)F)c3)c3cc(C(F)(F)F)cc(C(F)(F)F)c3)[CH]3C=CC=C3)c1C2.[Cl-].[Cl-]. The molecule has 2 aliphatic rings. The van der Waals surface area contributed by atoms with Crippen molar-refractivity contribution in [3.05, 3.63) is 146 Å². The van der Waals surface area contributed by atoms with Crippen LogP contribution in [0.2, 0.25) is 3.63 Å². The zero-order chi connectivity index (χ0) is 43.3. The fourth-order valence-corrected chi connectivity index (χ4v) is 17.0. The number of allylic oxidation sites excluding steroid dienone is 4. The van der Waals surface area contributed by atoms with Gasteiger partial charge >= 0.3 is 338 Å². The van der Waals surface area contributed by atoms with Gasteiger partial charge in [0.2, 0.25) is 0 Å². The molecule has 0 saturated heterocycles. The van der Waals surface area contributed by atoms with Crippen LogP contribution in [0.5, 0.6) is 0 Å². The molecule has 15 heteroatoms. The van der Waals surface area contributed by atoms with Crippen LogP contribution in [0.25, 0.3) is 11.1 Å². The Balaban J connectivity index is 0.00000397. The summed E-state index contributed by atoms with van der Waals surface area (Å²) in [4.78, 5) is 0. The molecule has 0 saturated carbocycles. The zero-order valence-electron chi connectivity index (χ0n) is 33.6. The van der Waals surface area contributed by atoms with Crippen LogP contribution in [-0.4, -0.2) is 3.21 Å². The quantitative estimate of drug-likeness (QED) is 0.161. The molecule has 0 N–H and O–H groups in total. The maximum absolute atomic E-state index is 14.5. The molecule has 0 aromatic heterocycles. The van der Waals surface area contributed by atoms with E-state index in [2.05, 4.69) is 26.8 Å². The van der Waals surface area contributed by atoms with Gasteiger partial charge in [-0.05, 0) is 0 Å². The third-order valence-corrected chi connectivity index (χ3v) is 19.1. The van der Waals surface area contributed by atoms with E-state index in [9.17, 15) is 52.7 Å². The van der Waals surface area contributed by atoms with Gasteiger partial charge in [-0.15, -0.1) is 0 Å². The van der Waals surface area contributed by atoms with Crippen molar-refractivity contribution in [1.82, 2.24) is 0 Å². The van der Waals surface area contributed by atoms with Crippen LogP contribution in [0.4, 0.5) is 52.7 Å². The van der Waals surface area contributed by atoms with E-state index >= 15 is 0 Å². The predicted octanol–water partition coefficient (Wildman–Crippen LogP) is 7.98. The number of hydrogen-bond acceptors (Lipinski definition) is 0. The first-order valence-electron chi connectivity index (χ1n) is 18.4. The van der Waals surface area contributed by atoms with Gasteiger partial charge in [-0.25, -0.2) is 0 Å². The third-order valence-electron chi connectivity index (χ3n) is 10.8. The summed E-state index contributed by atoms with van der Waals surface area (Å²) in [6, 6.07) is 7.67. The van der Waals surface area contributed by atoms with E-state index in [1.807, 2.05) is 39.8 Å². The average molecular weight is 971 g/mol. The van der Waals surface area contributed by atoms with Crippen molar-refractivity contribution in [1.29, 1.82) is 0 Å². The second kappa shape index (κ2) is 16.5. The fraction of sp³-hybridized carbons (Fsp3) is 0.356. The van der Waals surface area contributed by atoms with Crippen molar-refractivity contribution < 1.29 is 98.8 Å². The summed E-state index contributed by atoms with van der Waals surface area (Å²) in [6.07, 6.45) is -14.5. The second-order valence-electron chi connectivity index (χ2n) is 17.1. The number of rotatable bonds is 4. The number of benzene rings is 4. The summed E-state index contributed by atoms with van der Waals surface area (Å²) in [7, 11) is 0. The molecule has 6 rings (SSSR count). The Morgan fingerprint density at radius 2 is 0.900 bits per heavy atom. The molecule has 0 fully saturated rings. The second-order valence-corrected chi connectivity index (χ2v) is 23.3. The summed E-state index contributed by atoms with van der Waals surface area (Å²) >= 11 is -4.54. The van der Waals surface area contributed by atoms with Gasteiger partial charge in [-0.1, -0.05) is 0 Å². The van der Waals surface area contributed by atoms with Gasteiger partial charge in [-0.2, -0.15) is 0 Å². The van der Waals surface area contributed by atoms with Crippen molar-refractivity contribution >= 4 is 6.48 Å². The Hall–Kier alpha value is -3.15. The first kappa shape index (κ1) is 49.5. The molecular weight excluding hydrogens is 931 g/mol. The minimum atomic E-state index is -5.35. The largest absolute Gasteiger partial charge is 1.00 e. The number of fused-ring (bicyclic) bond motifs is 3. The van der Waals surface area contributed by atoms with Gasteiger partial charge in [0.1, 0.15) is 0 Å². The number of alkyl halides is 12. The van der Waals surface area contributed by atoms with Crippen molar-refractivity contribution in [2.45, 2.75) is 101 Å². The molecule has 4 aromatic rings. The van der Waals surface area contributed by atoms with Crippen molar-refractivity contribution in [3.63, 3.8) is 0 Å². The number of aryl methyl sites for hydroxylation is 1. The maximum atomic E-state index is 14.5. The van der Waals surface area contributed by atoms with Gasteiger partial charge in [0.05, 0.1) is 0 Å². The molecule has 322 valence electrons. The van der Waals surface area contributed by atoms with Gasteiger partial charge in [0, 0.05) is 0 Å². The summed E-state index contributed by atoms with van der Waals surface area (Å²) in [5.74, 6) is 0. The number of halogens is 14. The Morgan fingerprint density at radius 3 is 1.27 bits per heavy atom. The van der Waals surface area contributed by atoms with Crippen molar-refractivity contribution in [2.75, 3.05) is 0 Å². The molecule has 0 aliphatic heterocycles. The van der Waals surface area contributed by atoms with E-state index in [1.165, 1.54) is 0 Å². The van der Waals surface area contributed by atoms with Gasteiger partial charge in [0.25, 0.3) is 0 Å². The molecule has 0 nitrogen and oxygen atoms in total. The van der Waals surface area contributed by atoms with Crippen LogP contribution in [-0.2, 0) is 63.2 Å². The van der Waals surface area contributed by atoms with Gasteiger partial charge < -0.3 is 24.8 Å². The molecule has 60 heavy (non-hydrogen) atoms. The molecule has 0 amide bonds. The fourth-order valence-electron chi connectivity index (χ4n) is 8.32. The summed E-state index contributed by atoms with van der Waals surface area (Å²) in [6.45, 7) is 15.7. The Morgan fingerprint density at radius 1 is 0.517 bits per heavy atom. The van der Waals surface area contributed by atoms with E-state index in [0.717, 1.165) is 38.9 Å². The maximum Gasteiger partial charge on any atom is -1.00 e. The summed E-state index contributed by atoms with van der Waals surface area (Å²) in [5.41, 5.74) is -2.53. The van der Waals surface area contributed by atoms with E-state index in [4.69, 9.17) is 0 Å². The molecule has 0 atom stereocenters. The predicted molar refractivity (Wildman–Crippen MR) is 199 cm³/mol. The topological polar surface area (TPSA) is 0 Å². The average Bonchev–Trinajstić information content (AvgIpc) is 3.72. The molecule has 0 bridgehead atoms. The summed E-state index contributed by atoms with van der Waals surface area (Å²) < 4.78 is 174. The summed E-state index contributed by atoms with van der Waals surface area (Å²) in [5, 5.41) is 0. The monoisotopic (exact) mass is 968 g/mol. The van der Waals surface area contributed by atoms with Crippen LogP contribution in [0, 0.1) is 13.8 Å². The smallest absolute Gasteiger partial charge is 1.00 e. The molecule has 2 aliphatic carbocycles. The Kier molecular flexibility index (Phi) is 13.6. The molecule has 0 unspecified atom stereocenters. The standard InChI is InChI=1S/C23H29.C17H6F12.C5H5.2ClH.Zr/c1-14-9-16-11-17-10-15(2)21(23(6,7)8)13-19(17)18(16)12-20(14)22(3,4)5;18-14(19,20)10-2-8(3-11(6-10)15(21,22)23)1-9-4-12(16(24,25)26)7-13(5-9)17(27,28)29;1-2-4-5-3-1;;;/h9,12-13H,11H2,1-8H3;2-7H;1-5H;2*1H;/q;;;;;+2/p-2. The molecule has 0 radical (unpaired) electrons. The van der Waals surface area contributed by atoms with Crippen LogP contribution in [0.1, 0.15) is 108 Å². The van der Waals surface area contributed by atoms with Crippen LogP contribution in [0.15, 0.2) is 78.9 Å². The van der Waals surface area contributed by atoms with Crippen LogP contribution < -0.4 is 28.1 Å².